The summed E-state index contributed by atoms with van der Waals surface area (Å²) in [5, 5.41) is 9.14. The Balaban J connectivity index is 2.28. The normalized spacial score (nSPS) is 11.0. The van der Waals surface area contributed by atoms with Crippen molar-refractivity contribution in [1.82, 2.24) is 0 Å². The zero-order valence-corrected chi connectivity index (χ0v) is 13.7. The maximum atomic E-state index is 12.4. The molecule has 2 rings (SSSR count). The molecule has 2 aromatic rings. The van der Waals surface area contributed by atoms with Gasteiger partial charge in [0.15, 0.2) is 0 Å². The first-order valence-electron chi connectivity index (χ1n) is 6.62. The van der Waals surface area contributed by atoms with Gasteiger partial charge in [-0.05, 0) is 43.3 Å². The second-order valence-electron chi connectivity index (χ2n) is 4.51. The molecule has 0 saturated carbocycles. The number of aromatic carboxylic acids is 1. The minimum Gasteiger partial charge on any atom is -0.492 e. The van der Waals surface area contributed by atoms with Crippen LogP contribution in [0.2, 0.25) is 5.02 Å². The summed E-state index contributed by atoms with van der Waals surface area (Å²) in [6.07, 6.45) is 0. The Morgan fingerprint density at radius 3 is 2.43 bits per heavy atom. The number of benzene rings is 2. The van der Waals surface area contributed by atoms with E-state index in [1.54, 1.807) is 6.92 Å². The molecule has 2 N–H and O–H groups in total. The summed E-state index contributed by atoms with van der Waals surface area (Å²) in [5.41, 5.74) is 0.320. The van der Waals surface area contributed by atoms with Crippen LogP contribution in [-0.2, 0) is 10.0 Å². The van der Waals surface area contributed by atoms with E-state index in [1.165, 1.54) is 42.5 Å². The van der Waals surface area contributed by atoms with Gasteiger partial charge in [0.25, 0.3) is 10.0 Å². The van der Waals surface area contributed by atoms with Gasteiger partial charge in [-0.2, -0.15) is 0 Å². The first kappa shape index (κ1) is 17.1. The maximum Gasteiger partial charge on any atom is 0.335 e. The molecule has 0 atom stereocenters. The lowest BCUT2D eigenvalue weighted by atomic mass is 10.2. The Bertz CT molecular complexity index is 818. The molecule has 0 bridgehead atoms. The van der Waals surface area contributed by atoms with Gasteiger partial charge >= 0.3 is 5.97 Å². The fourth-order valence-electron chi connectivity index (χ4n) is 1.81. The molecule has 0 unspecified atom stereocenters. The largest absolute Gasteiger partial charge is 0.492 e. The molecule has 0 radical (unpaired) electrons. The number of carbonyl (C=O) groups is 1. The number of rotatable bonds is 6. The second kappa shape index (κ2) is 6.89. The van der Waals surface area contributed by atoms with E-state index in [9.17, 15) is 13.2 Å². The number of hydrogen-bond acceptors (Lipinski definition) is 4. The Morgan fingerprint density at radius 1 is 1.22 bits per heavy atom. The number of hydrogen-bond donors (Lipinski definition) is 2. The van der Waals surface area contributed by atoms with Crippen LogP contribution in [0.25, 0.3) is 0 Å². The lowest BCUT2D eigenvalue weighted by molar-refractivity contribution is 0.0697. The van der Waals surface area contributed by atoms with E-state index in [1.807, 2.05) is 0 Å². The van der Waals surface area contributed by atoms with Crippen LogP contribution in [-0.4, -0.2) is 26.1 Å². The molecule has 6 nitrogen and oxygen atoms in total. The molecule has 8 heteroatoms. The van der Waals surface area contributed by atoms with E-state index < -0.39 is 16.0 Å². The van der Waals surface area contributed by atoms with Crippen molar-refractivity contribution < 1.29 is 23.1 Å². The molecule has 0 amide bonds. The highest BCUT2D eigenvalue weighted by Gasteiger charge is 2.17. The molecule has 0 fully saturated rings. The van der Waals surface area contributed by atoms with Crippen LogP contribution in [0.15, 0.2) is 47.4 Å². The summed E-state index contributed by atoms with van der Waals surface area (Å²) in [6.45, 7) is 2.12. The molecular weight excluding hydrogens is 342 g/mol. The van der Waals surface area contributed by atoms with Gasteiger partial charge in [0.05, 0.1) is 22.1 Å². The van der Waals surface area contributed by atoms with E-state index in [2.05, 4.69) is 4.72 Å². The van der Waals surface area contributed by atoms with Crippen LogP contribution in [0.5, 0.6) is 5.75 Å². The summed E-state index contributed by atoms with van der Waals surface area (Å²) in [6, 6.07) is 9.51. The van der Waals surface area contributed by atoms with Crippen molar-refractivity contribution in [3.63, 3.8) is 0 Å². The summed E-state index contributed by atoms with van der Waals surface area (Å²) in [7, 11) is -3.84. The predicted molar refractivity (Wildman–Crippen MR) is 86.8 cm³/mol. The standard InChI is InChI=1S/C15H14ClNO5S/c1-2-22-14-9-12(7-8-13(14)16)23(20,21)17-11-5-3-10(4-6-11)15(18)19/h3-9,17H,2H2,1H3,(H,18,19). The Morgan fingerprint density at radius 2 is 1.87 bits per heavy atom. The lowest BCUT2D eigenvalue weighted by Gasteiger charge is -2.11. The fraction of sp³-hybridized carbons (Fsp3) is 0.133. The summed E-state index contributed by atoms with van der Waals surface area (Å²) in [4.78, 5) is 10.8. The summed E-state index contributed by atoms with van der Waals surface area (Å²) >= 11 is 5.94. The molecule has 0 aromatic heterocycles. The number of nitrogens with one attached hydrogen (secondary N) is 1. The number of ether oxygens (including phenoxy) is 1. The Labute approximate surface area is 138 Å². The second-order valence-corrected chi connectivity index (χ2v) is 6.60. The molecule has 23 heavy (non-hydrogen) atoms. The minimum atomic E-state index is -3.84. The van der Waals surface area contributed by atoms with E-state index in [0.29, 0.717) is 11.6 Å². The van der Waals surface area contributed by atoms with E-state index in [-0.39, 0.29) is 21.9 Å². The fourth-order valence-corrected chi connectivity index (χ4v) is 3.06. The molecule has 0 aliphatic heterocycles. The van der Waals surface area contributed by atoms with Gasteiger partial charge in [-0.25, -0.2) is 13.2 Å². The van der Waals surface area contributed by atoms with Crippen molar-refractivity contribution in [3.05, 3.63) is 53.1 Å². The lowest BCUT2D eigenvalue weighted by Crippen LogP contribution is -2.13. The van der Waals surface area contributed by atoms with Crippen molar-refractivity contribution in [1.29, 1.82) is 0 Å². The van der Waals surface area contributed by atoms with Gasteiger partial charge in [-0.3, -0.25) is 4.72 Å². The SMILES string of the molecule is CCOc1cc(S(=O)(=O)Nc2ccc(C(=O)O)cc2)ccc1Cl. The minimum absolute atomic E-state index is 0.00680. The van der Waals surface area contributed by atoms with Crippen molar-refractivity contribution >= 4 is 33.3 Å². The highest BCUT2D eigenvalue weighted by atomic mass is 35.5. The van der Waals surface area contributed by atoms with Gasteiger partial charge in [0.1, 0.15) is 5.75 Å². The van der Waals surface area contributed by atoms with Crippen LogP contribution in [0.4, 0.5) is 5.69 Å². The quantitative estimate of drug-likeness (QED) is 0.829. The molecule has 122 valence electrons. The smallest absolute Gasteiger partial charge is 0.335 e. The number of carboxylic acids is 1. The van der Waals surface area contributed by atoms with Crippen molar-refractivity contribution in [2.24, 2.45) is 0 Å². The van der Waals surface area contributed by atoms with Gasteiger partial charge in [0, 0.05) is 11.8 Å². The average molecular weight is 356 g/mol. The van der Waals surface area contributed by atoms with Gasteiger partial charge in [0.2, 0.25) is 0 Å². The average Bonchev–Trinajstić information content (AvgIpc) is 2.49. The zero-order chi connectivity index (χ0) is 17.0. The predicted octanol–water partition coefficient (Wildman–Crippen LogP) is 3.24. The number of anilines is 1. The van der Waals surface area contributed by atoms with Crippen LogP contribution in [0.3, 0.4) is 0 Å². The Hall–Kier alpha value is -2.25. The molecular formula is C15H14ClNO5S. The van der Waals surface area contributed by atoms with Crippen LogP contribution in [0.1, 0.15) is 17.3 Å². The first-order valence-corrected chi connectivity index (χ1v) is 8.48. The zero-order valence-electron chi connectivity index (χ0n) is 12.1. The Kier molecular flexibility index (Phi) is 5.12. The van der Waals surface area contributed by atoms with Crippen molar-refractivity contribution in [2.75, 3.05) is 11.3 Å². The van der Waals surface area contributed by atoms with Gasteiger partial charge < -0.3 is 9.84 Å². The van der Waals surface area contributed by atoms with E-state index in [4.69, 9.17) is 21.4 Å². The van der Waals surface area contributed by atoms with Crippen molar-refractivity contribution in [3.8, 4) is 5.75 Å². The maximum absolute atomic E-state index is 12.4. The third kappa shape index (κ3) is 4.14. The van der Waals surface area contributed by atoms with Gasteiger partial charge in [-0.15, -0.1) is 0 Å². The summed E-state index contributed by atoms with van der Waals surface area (Å²) < 4.78 is 32.4. The molecule has 0 aliphatic carbocycles. The molecule has 0 spiro atoms. The third-order valence-corrected chi connectivity index (χ3v) is 4.59. The third-order valence-electron chi connectivity index (χ3n) is 2.90. The van der Waals surface area contributed by atoms with Gasteiger partial charge in [-0.1, -0.05) is 11.6 Å². The van der Waals surface area contributed by atoms with E-state index >= 15 is 0 Å². The topological polar surface area (TPSA) is 92.7 Å². The van der Waals surface area contributed by atoms with E-state index in [0.717, 1.165) is 0 Å². The number of carboxylic acid groups (broad SMARTS) is 1. The molecule has 0 aliphatic rings. The molecule has 0 saturated heterocycles. The first-order chi connectivity index (χ1) is 10.8. The van der Waals surface area contributed by atoms with Crippen LogP contribution in [0, 0.1) is 0 Å². The summed E-state index contributed by atoms with van der Waals surface area (Å²) in [5.74, 6) is -0.809. The number of sulfonamides is 1. The monoisotopic (exact) mass is 355 g/mol. The van der Waals surface area contributed by atoms with Crippen LogP contribution < -0.4 is 9.46 Å². The van der Waals surface area contributed by atoms with Crippen LogP contribution >= 0.6 is 11.6 Å². The highest BCUT2D eigenvalue weighted by Crippen LogP contribution is 2.28. The molecule has 0 heterocycles. The van der Waals surface area contributed by atoms with Crippen molar-refractivity contribution in [2.45, 2.75) is 11.8 Å². The number of halogens is 1. The highest BCUT2D eigenvalue weighted by molar-refractivity contribution is 7.92. The molecule has 2 aromatic carbocycles.